The molecule has 122 valence electrons. The summed E-state index contributed by atoms with van der Waals surface area (Å²) in [4.78, 5) is 4.54. The van der Waals surface area contributed by atoms with Crippen molar-refractivity contribution in [3.8, 4) is 5.75 Å². The van der Waals surface area contributed by atoms with Gasteiger partial charge < -0.3 is 4.74 Å². The first-order chi connectivity index (χ1) is 11.3. The van der Waals surface area contributed by atoms with E-state index in [0.717, 1.165) is 36.4 Å². The van der Waals surface area contributed by atoms with Crippen LogP contribution in [-0.2, 0) is 6.42 Å². The fourth-order valence-corrected chi connectivity index (χ4v) is 2.35. The van der Waals surface area contributed by atoms with Gasteiger partial charge in [0.2, 0.25) is 0 Å². The maximum atomic E-state index is 5.58. The van der Waals surface area contributed by atoms with Gasteiger partial charge in [0.25, 0.3) is 0 Å². The first kappa shape index (κ1) is 17.3. The lowest BCUT2D eigenvalue weighted by Gasteiger charge is -2.04. The van der Waals surface area contributed by atoms with E-state index in [1.807, 2.05) is 30.5 Å². The van der Waals surface area contributed by atoms with Gasteiger partial charge in [0.15, 0.2) is 0 Å². The number of hydrogen-bond acceptors (Lipinski definition) is 2. The second kappa shape index (κ2) is 9.83. The van der Waals surface area contributed by atoms with E-state index in [1.54, 1.807) is 0 Å². The van der Waals surface area contributed by atoms with Crippen LogP contribution in [0.25, 0.3) is 0 Å². The van der Waals surface area contributed by atoms with E-state index in [1.165, 1.54) is 24.8 Å². The molecule has 0 N–H and O–H groups in total. The Balaban J connectivity index is 1.89. The summed E-state index contributed by atoms with van der Waals surface area (Å²) in [6.45, 7) is 5.11. The number of benzene rings is 2. The molecule has 0 aliphatic heterocycles. The molecule has 2 heteroatoms. The summed E-state index contributed by atoms with van der Waals surface area (Å²) in [5, 5.41) is 0. The molecule has 0 unspecified atom stereocenters. The van der Waals surface area contributed by atoms with Crippen LogP contribution in [0, 0.1) is 0 Å². The summed E-state index contributed by atoms with van der Waals surface area (Å²) >= 11 is 0. The fourth-order valence-electron chi connectivity index (χ4n) is 2.35. The minimum Gasteiger partial charge on any atom is -0.494 e. The summed E-state index contributed by atoms with van der Waals surface area (Å²) in [7, 11) is 0. The van der Waals surface area contributed by atoms with Gasteiger partial charge in [-0.05, 0) is 66.8 Å². The summed E-state index contributed by atoms with van der Waals surface area (Å²) < 4.78 is 5.58. The Hall–Kier alpha value is -2.09. The minimum atomic E-state index is 0.762. The molecule has 0 fully saturated rings. The molecular formula is C21H27NO. The molecule has 2 aromatic rings. The van der Waals surface area contributed by atoms with Crippen molar-refractivity contribution in [2.45, 2.75) is 46.0 Å². The zero-order valence-corrected chi connectivity index (χ0v) is 14.3. The van der Waals surface area contributed by atoms with E-state index in [-0.39, 0.29) is 0 Å². The number of nitrogens with zero attached hydrogens (tertiary/aromatic N) is 1. The molecule has 0 radical (unpaired) electrons. The van der Waals surface area contributed by atoms with Crippen molar-refractivity contribution < 1.29 is 4.74 Å². The molecular weight excluding hydrogens is 282 g/mol. The average molecular weight is 309 g/mol. The van der Waals surface area contributed by atoms with Gasteiger partial charge in [-0.25, -0.2) is 0 Å². The molecule has 0 saturated carbocycles. The first-order valence-electron chi connectivity index (χ1n) is 8.67. The Labute approximate surface area is 140 Å². The number of aryl methyl sites for hydroxylation is 1. The van der Waals surface area contributed by atoms with Crippen LogP contribution in [0.2, 0.25) is 0 Å². The number of hydrogen-bond donors (Lipinski definition) is 0. The maximum absolute atomic E-state index is 5.58. The molecule has 0 amide bonds. The first-order valence-corrected chi connectivity index (χ1v) is 8.67. The summed E-state index contributed by atoms with van der Waals surface area (Å²) in [6, 6.07) is 16.6. The molecule has 0 spiro atoms. The molecule has 0 heterocycles. The van der Waals surface area contributed by atoms with Crippen molar-refractivity contribution in [3.63, 3.8) is 0 Å². The number of unbranched alkanes of at least 4 members (excludes halogenated alkanes) is 2. The standard InChI is InChI=1S/C21H27NO/c1-3-5-6-7-18-8-12-20(13-9-18)22-17-19-10-14-21(15-11-19)23-16-4-2/h8-15,17H,3-7,16H2,1-2H3. The summed E-state index contributed by atoms with van der Waals surface area (Å²) in [5.74, 6) is 0.917. The smallest absolute Gasteiger partial charge is 0.119 e. The van der Waals surface area contributed by atoms with Crippen LogP contribution >= 0.6 is 0 Å². The second-order valence-electron chi connectivity index (χ2n) is 5.80. The highest BCUT2D eigenvalue weighted by Crippen LogP contribution is 2.16. The zero-order valence-electron chi connectivity index (χ0n) is 14.3. The highest BCUT2D eigenvalue weighted by molar-refractivity contribution is 5.82. The Bertz CT molecular complexity index is 584. The van der Waals surface area contributed by atoms with E-state index in [0.29, 0.717) is 0 Å². The van der Waals surface area contributed by atoms with Gasteiger partial charge in [0.05, 0.1) is 12.3 Å². The van der Waals surface area contributed by atoms with E-state index in [9.17, 15) is 0 Å². The normalized spacial score (nSPS) is 11.0. The lowest BCUT2D eigenvalue weighted by molar-refractivity contribution is 0.317. The quantitative estimate of drug-likeness (QED) is 0.414. The third-order valence-electron chi connectivity index (χ3n) is 3.72. The average Bonchev–Trinajstić information content (AvgIpc) is 2.60. The van der Waals surface area contributed by atoms with E-state index in [4.69, 9.17) is 4.74 Å². The SMILES string of the molecule is CCCCCc1ccc(N=Cc2ccc(OCCC)cc2)cc1. The molecule has 2 aromatic carbocycles. The molecule has 0 atom stereocenters. The predicted octanol–water partition coefficient (Wildman–Crippen LogP) is 5.96. The highest BCUT2D eigenvalue weighted by atomic mass is 16.5. The van der Waals surface area contributed by atoms with Gasteiger partial charge in [-0.1, -0.05) is 38.8 Å². The van der Waals surface area contributed by atoms with Crippen molar-refractivity contribution >= 4 is 11.9 Å². The number of ether oxygens (including phenoxy) is 1. The van der Waals surface area contributed by atoms with Crippen LogP contribution in [0.3, 0.4) is 0 Å². The topological polar surface area (TPSA) is 21.6 Å². The maximum Gasteiger partial charge on any atom is 0.119 e. The third-order valence-corrected chi connectivity index (χ3v) is 3.72. The van der Waals surface area contributed by atoms with Gasteiger partial charge in [-0.3, -0.25) is 4.99 Å². The van der Waals surface area contributed by atoms with Gasteiger partial charge >= 0.3 is 0 Å². The molecule has 23 heavy (non-hydrogen) atoms. The molecule has 2 nitrogen and oxygen atoms in total. The van der Waals surface area contributed by atoms with Crippen molar-refractivity contribution in [1.82, 2.24) is 0 Å². The Morgan fingerprint density at radius 2 is 1.61 bits per heavy atom. The highest BCUT2D eigenvalue weighted by Gasteiger charge is 1.95. The van der Waals surface area contributed by atoms with Gasteiger partial charge in [0.1, 0.15) is 5.75 Å². The molecule has 0 aliphatic rings. The van der Waals surface area contributed by atoms with Crippen LogP contribution in [-0.4, -0.2) is 12.8 Å². The lowest BCUT2D eigenvalue weighted by atomic mass is 10.1. The monoisotopic (exact) mass is 309 g/mol. The lowest BCUT2D eigenvalue weighted by Crippen LogP contribution is -1.94. The fraction of sp³-hybridized carbons (Fsp3) is 0.381. The number of aliphatic imine (C=N–C) groups is 1. The van der Waals surface area contributed by atoms with Crippen LogP contribution in [0.4, 0.5) is 5.69 Å². The van der Waals surface area contributed by atoms with E-state index >= 15 is 0 Å². The Kier molecular flexibility index (Phi) is 7.38. The van der Waals surface area contributed by atoms with Crippen LogP contribution < -0.4 is 4.74 Å². The summed E-state index contributed by atoms with van der Waals surface area (Å²) in [6.07, 6.45) is 7.93. The van der Waals surface area contributed by atoms with E-state index in [2.05, 4.69) is 43.1 Å². The van der Waals surface area contributed by atoms with Gasteiger partial charge in [-0.2, -0.15) is 0 Å². The summed E-state index contributed by atoms with van der Waals surface area (Å²) in [5.41, 5.74) is 3.48. The van der Waals surface area contributed by atoms with Gasteiger partial charge in [0, 0.05) is 6.21 Å². The Morgan fingerprint density at radius 1 is 0.870 bits per heavy atom. The van der Waals surface area contributed by atoms with Crippen molar-refractivity contribution in [3.05, 3.63) is 59.7 Å². The largest absolute Gasteiger partial charge is 0.494 e. The van der Waals surface area contributed by atoms with Crippen LogP contribution in [0.15, 0.2) is 53.5 Å². The van der Waals surface area contributed by atoms with Crippen molar-refractivity contribution in [2.24, 2.45) is 4.99 Å². The third kappa shape index (κ3) is 6.27. The molecule has 0 aliphatic carbocycles. The van der Waals surface area contributed by atoms with E-state index < -0.39 is 0 Å². The van der Waals surface area contributed by atoms with Crippen molar-refractivity contribution in [1.29, 1.82) is 0 Å². The van der Waals surface area contributed by atoms with Gasteiger partial charge in [-0.15, -0.1) is 0 Å². The molecule has 0 aromatic heterocycles. The molecule has 0 saturated heterocycles. The zero-order chi connectivity index (χ0) is 16.3. The minimum absolute atomic E-state index is 0.762. The second-order valence-corrected chi connectivity index (χ2v) is 5.80. The van der Waals surface area contributed by atoms with Crippen molar-refractivity contribution in [2.75, 3.05) is 6.61 Å². The Morgan fingerprint density at radius 3 is 2.26 bits per heavy atom. The van der Waals surface area contributed by atoms with Crippen LogP contribution in [0.5, 0.6) is 5.75 Å². The molecule has 0 bridgehead atoms. The molecule has 2 rings (SSSR count). The number of rotatable bonds is 9. The van der Waals surface area contributed by atoms with Crippen LogP contribution in [0.1, 0.15) is 50.7 Å². The predicted molar refractivity (Wildman–Crippen MR) is 99.2 cm³/mol.